The van der Waals surface area contributed by atoms with E-state index in [0.717, 1.165) is 95.3 Å². The number of para-hydroxylation sites is 1. The monoisotopic (exact) mass is 1020 g/mol. The average molecular weight is 1020 g/mol. The van der Waals surface area contributed by atoms with Gasteiger partial charge in [-0.1, -0.05) is 279 Å². The fourth-order valence-electron chi connectivity index (χ4n) is 11.1. The van der Waals surface area contributed by atoms with Crippen LogP contribution >= 0.6 is 0 Å². The average Bonchev–Trinajstić information content (AvgIpc) is 3.69. The van der Waals surface area contributed by atoms with Crippen LogP contribution in [0, 0.1) is 0 Å². The third kappa shape index (κ3) is 10.1. The Morgan fingerprint density at radius 1 is 0.138 bits per heavy atom. The van der Waals surface area contributed by atoms with E-state index >= 15 is 0 Å². The molecule has 0 saturated carbocycles. The molecule has 0 fully saturated rings. The van der Waals surface area contributed by atoms with Gasteiger partial charge in [0.05, 0.1) is 11.4 Å². The Balaban J connectivity index is 0.947. The molecule has 0 atom stereocenters. The lowest BCUT2D eigenvalue weighted by Crippen LogP contribution is -2.13. The van der Waals surface area contributed by atoms with Gasteiger partial charge in [0.1, 0.15) is 0 Å². The summed E-state index contributed by atoms with van der Waals surface area (Å²) in [4.78, 5) is 4.89. The zero-order valence-electron chi connectivity index (χ0n) is 44.2. The highest BCUT2D eigenvalue weighted by Crippen LogP contribution is 2.50. The second-order valence-corrected chi connectivity index (χ2v) is 20.0. The van der Waals surface area contributed by atoms with Crippen LogP contribution in [-0.4, -0.2) is 0 Å². The summed E-state index contributed by atoms with van der Waals surface area (Å²) in [6, 6.07) is 123. The van der Waals surface area contributed by atoms with Crippen molar-refractivity contribution in [2.75, 3.05) is 9.80 Å². The van der Waals surface area contributed by atoms with Crippen molar-refractivity contribution < 1.29 is 0 Å². The first kappa shape index (κ1) is 49.1. The smallest absolute Gasteiger partial charge is 0.0618 e. The number of anilines is 6. The normalized spacial score (nSPS) is 11.0. The molecule has 0 aliphatic heterocycles. The van der Waals surface area contributed by atoms with Crippen molar-refractivity contribution in [2.24, 2.45) is 0 Å². The van der Waals surface area contributed by atoms with Crippen molar-refractivity contribution in [3.63, 3.8) is 0 Å². The summed E-state index contributed by atoms with van der Waals surface area (Å²) in [5.41, 5.74) is 24.9. The molecule has 13 aromatic rings. The molecule has 0 aliphatic carbocycles. The summed E-state index contributed by atoms with van der Waals surface area (Å²) in [5, 5.41) is 0. The summed E-state index contributed by atoms with van der Waals surface area (Å²) >= 11 is 0. The summed E-state index contributed by atoms with van der Waals surface area (Å²) in [5.74, 6) is 0. The van der Waals surface area contributed by atoms with E-state index in [0.29, 0.717) is 0 Å². The summed E-state index contributed by atoms with van der Waals surface area (Å²) < 4.78 is 0. The lowest BCUT2D eigenvalue weighted by atomic mass is 9.89. The Morgan fingerprint density at radius 2 is 0.338 bits per heavy atom. The van der Waals surface area contributed by atoms with Crippen LogP contribution in [0.15, 0.2) is 340 Å². The predicted molar refractivity (Wildman–Crippen MR) is 339 cm³/mol. The maximum atomic E-state index is 2.45. The molecule has 80 heavy (non-hydrogen) atoms. The Kier molecular flexibility index (Phi) is 13.8. The van der Waals surface area contributed by atoms with Crippen LogP contribution in [0.1, 0.15) is 0 Å². The third-order valence-corrected chi connectivity index (χ3v) is 15.1. The number of rotatable bonds is 14. The molecule has 13 rings (SSSR count). The SMILES string of the molecule is c1ccc(-c2ccc(N(c3ccc(-c4ccc(N(c5ccc(-c6ccccc6)cc5)c5c(-c6ccccc6)cc(-c6ccccc6)cc5-c5ccccc5)cc4)cc3)c3c(-c4ccccc4)cccc3-c3ccccc3)cc2)cc1. The third-order valence-electron chi connectivity index (χ3n) is 15.1. The van der Waals surface area contributed by atoms with Gasteiger partial charge in [-0.25, -0.2) is 0 Å². The molecule has 0 N–H and O–H groups in total. The van der Waals surface area contributed by atoms with Crippen LogP contribution in [0.25, 0.3) is 89.0 Å². The molecular weight excluding hydrogens is 965 g/mol. The molecule has 0 heterocycles. The van der Waals surface area contributed by atoms with Gasteiger partial charge in [-0.05, 0) is 127 Å². The molecule has 0 aromatic heterocycles. The second kappa shape index (κ2) is 22.6. The van der Waals surface area contributed by atoms with Gasteiger partial charge in [-0.15, -0.1) is 0 Å². The van der Waals surface area contributed by atoms with E-state index in [1.165, 1.54) is 27.8 Å². The number of benzene rings is 13. The number of hydrogen-bond donors (Lipinski definition) is 0. The molecule has 13 aromatic carbocycles. The Hall–Kier alpha value is -10.5. The van der Waals surface area contributed by atoms with Gasteiger partial charge >= 0.3 is 0 Å². The Morgan fingerprint density at radius 3 is 0.600 bits per heavy atom. The highest BCUT2D eigenvalue weighted by Gasteiger charge is 2.25. The molecule has 2 heteroatoms. The first-order chi connectivity index (χ1) is 39.7. The standard InChI is InChI=1S/C78H56N2/c1-8-23-57(24-9-1)60-39-47-69(48-40-60)79(77-73(64-29-14-4-15-30-64)37-22-38-74(77)65-31-16-5-17-32-65)70-51-43-62(44-52-70)63-45-53-72(54-46-63)80(71-49-41-61(42-50-71)58-25-10-2-11-26-58)78-75(66-33-18-6-19-34-66)55-68(59-27-12-3-13-28-59)56-76(78)67-35-20-7-21-36-67/h1-56H. The number of nitrogens with zero attached hydrogens (tertiary/aromatic N) is 2. The molecule has 378 valence electrons. The van der Waals surface area contributed by atoms with E-state index < -0.39 is 0 Å². The van der Waals surface area contributed by atoms with Gasteiger partial charge in [0.25, 0.3) is 0 Å². The van der Waals surface area contributed by atoms with Crippen molar-refractivity contribution in [3.8, 4) is 89.0 Å². The van der Waals surface area contributed by atoms with Crippen molar-refractivity contribution in [1.82, 2.24) is 0 Å². The zero-order valence-corrected chi connectivity index (χ0v) is 44.2. The van der Waals surface area contributed by atoms with Crippen LogP contribution in [0.4, 0.5) is 34.1 Å². The Bertz CT molecular complexity index is 4010. The second-order valence-electron chi connectivity index (χ2n) is 20.0. The molecule has 0 aliphatic rings. The summed E-state index contributed by atoms with van der Waals surface area (Å²) in [6.45, 7) is 0. The molecule has 0 bridgehead atoms. The van der Waals surface area contributed by atoms with E-state index in [9.17, 15) is 0 Å². The topological polar surface area (TPSA) is 6.48 Å². The lowest BCUT2D eigenvalue weighted by Gasteiger charge is -2.31. The maximum absolute atomic E-state index is 2.45. The van der Waals surface area contributed by atoms with Crippen LogP contribution in [0.2, 0.25) is 0 Å². The van der Waals surface area contributed by atoms with Crippen LogP contribution in [0.5, 0.6) is 0 Å². The maximum Gasteiger partial charge on any atom is 0.0618 e. The molecule has 0 saturated heterocycles. The fraction of sp³-hybridized carbons (Fsp3) is 0. The lowest BCUT2D eigenvalue weighted by molar-refractivity contribution is 1.28. The quantitative estimate of drug-likeness (QED) is 0.107. The van der Waals surface area contributed by atoms with E-state index in [-0.39, 0.29) is 0 Å². The van der Waals surface area contributed by atoms with Gasteiger partial charge in [0.2, 0.25) is 0 Å². The fourth-order valence-corrected chi connectivity index (χ4v) is 11.1. The van der Waals surface area contributed by atoms with E-state index in [2.05, 4.69) is 350 Å². The summed E-state index contributed by atoms with van der Waals surface area (Å²) in [6.07, 6.45) is 0. The molecule has 0 radical (unpaired) electrons. The van der Waals surface area contributed by atoms with Gasteiger partial charge in [0.15, 0.2) is 0 Å². The van der Waals surface area contributed by atoms with Crippen molar-refractivity contribution in [1.29, 1.82) is 0 Å². The molecule has 0 spiro atoms. The largest absolute Gasteiger partial charge is 0.309 e. The highest BCUT2D eigenvalue weighted by molar-refractivity contribution is 6.01. The number of hydrogen-bond acceptors (Lipinski definition) is 2. The first-order valence-corrected chi connectivity index (χ1v) is 27.4. The van der Waals surface area contributed by atoms with Crippen LogP contribution < -0.4 is 9.80 Å². The van der Waals surface area contributed by atoms with Crippen molar-refractivity contribution in [3.05, 3.63) is 340 Å². The highest BCUT2D eigenvalue weighted by atomic mass is 15.2. The van der Waals surface area contributed by atoms with Gasteiger partial charge < -0.3 is 9.80 Å². The van der Waals surface area contributed by atoms with E-state index in [4.69, 9.17) is 0 Å². The zero-order chi connectivity index (χ0) is 53.5. The Labute approximate surface area is 470 Å². The minimum absolute atomic E-state index is 1.05. The van der Waals surface area contributed by atoms with E-state index in [1.807, 2.05) is 0 Å². The minimum Gasteiger partial charge on any atom is -0.309 e. The minimum atomic E-state index is 1.05. The first-order valence-electron chi connectivity index (χ1n) is 27.4. The van der Waals surface area contributed by atoms with E-state index in [1.54, 1.807) is 0 Å². The molecular formula is C78H56N2. The van der Waals surface area contributed by atoms with Crippen molar-refractivity contribution in [2.45, 2.75) is 0 Å². The molecule has 0 unspecified atom stereocenters. The molecule has 2 nitrogen and oxygen atoms in total. The van der Waals surface area contributed by atoms with Crippen LogP contribution in [0.3, 0.4) is 0 Å². The van der Waals surface area contributed by atoms with Gasteiger partial charge in [-0.3, -0.25) is 0 Å². The van der Waals surface area contributed by atoms with Gasteiger partial charge in [0, 0.05) is 45.0 Å². The summed E-state index contributed by atoms with van der Waals surface area (Å²) in [7, 11) is 0. The molecule has 0 amide bonds. The predicted octanol–water partition coefficient (Wildman–Crippen LogP) is 22.0. The van der Waals surface area contributed by atoms with Crippen LogP contribution in [-0.2, 0) is 0 Å². The van der Waals surface area contributed by atoms with Crippen molar-refractivity contribution >= 4 is 34.1 Å². The van der Waals surface area contributed by atoms with Gasteiger partial charge in [-0.2, -0.15) is 0 Å².